The highest BCUT2D eigenvalue weighted by Gasteiger charge is 1.88. The number of unbranched alkanes of at least 4 members (excludes halogenated alkanes) is 10. The predicted octanol–water partition coefficient (Wildman–Crippen LogP) is 7.10. The molecule has 134 valence electrons. The Balaban J connectivity index is 3.25. The lowest BCUT2D eigenvalue weighted by atomic mass is 10.1. The molecular weight excluding hydrogens is 278 g/mol. The fraction of sp³-hybridized carbons (Fsp3) is 0.727. The van der Waals surface area contributed by atoms with Crippen LogP contribution in [-0.4, -0.2) is 6.54 Å². The molecule has 0 bridgehead atoms. The summed E-state index contributed by atoms with van der Waals surface area (Å²) in [7, 11) is 0. The van der Waals surface area contributed by atoms with Crippen molar-refractivity contribution < 1.29 is 0 Å². The quantitative estimate of drug-likeness (QED) is 0.225. The van der Waals surface area contributed by atoms with Crippen LogP contribution in [0.3, 0.4) is 0 Å². The highest BCUT2D eigenvalue weighted by molar-refractivity contribution is 4.97. The van der Waals surface area contributed by atoms with Gasteiger partial charge in [-0.15, -0.1) is 0 Å². The summed E-state index contributed by atoms with van der Waals surface area (Å²) >= 11 is 0. The van der Waals surface area contributed by atoms with E-state index in [2.05, 4.69) is 43.4 Å². The Bertz CT molecular complexity index is 288. The van der Waals surface area contributed by atoms with Gasteiger partial charge in [0, 0.05) is 0 Å². The van der Waals surface area contributed by atoms with Crippen molar-refractivity contribution in [3.63, 3.8) is 0 Å². The van der Waals surface area contributed by atoms with Gasteiger partial charge in [-0.1, -0.05) is 88.3 Å². The average molecular weight is 320 g/mol. The van der Waals surface area contributed by atoms with Crippen LogP contribution in [0.2, 0.25) is 0 Å². The van der Waals surface area contributed by atoms with Crippen molar-refractivity contribution >= 4 is 0 Å². The molecule has 0 spiro atoms. The maximum atomic E-state index is 5.48. The summed E-state index contributed by atoms with van der Waals surface area (Å²) in [5, 5.41) is 0. The second-order valence-corrected chi connectivity index (χ2v) is 6.43. The summed E-state index contributed by atoms with van der Waals surface area (Å²) in [6, 6.07) is 0. The van der Waals surface area contributed by atoms with Crippen LogP contribution >= 0.6 is 0 Å². The number of allylic oxidation sites excluding steroid dienone is 6. The van der Waals surface area contributed by atoms with Gasteiger partial charge in [-0.2, -0.15) is 0 Å². The van der Waals surface area contributed by atoms with Gasteiger partial charge in [0.05, 0.1) is 0 Å². The minimum atomic E-state index is 0.841. The Morgan fingerprint density at radius 2 is 0.957 bits per heavy atom. The van der Waals surface area contributed by atoms with E-state index in [4.69, 9.17) is 5.73 Å². The van der Waals surface area contributed by atoms with Gasteiger partial charge < -0.3 is 5.73 Å². The molecule has 0 amide bonds. The standard InChI is InChI=1S/C22H41N/c1-2-3-4-5-6-7-8-9-10-11-12-13-14-15-16-17-18-19-20-21-22-23/h9-10,12-13,15-16H,2-8,11,14,17-23H2,1H3. The van der Waals surface area contributed by atoms with E-state index in [0.717, 1.165) is 19.4 Å². The van der Waals surface area contributed by atoms with Gasteiger partial charge in [-0.05, 0) is 51.5 Å². The minimum absolute atomic E-state index is 0.841. The van der Waals surface area contributed by atoms with E-state index in [1.165, 1.54) is 77.0 Å². The molecule has 1 nitrogen and oxygen atoms in total. The topological polar surface area (TPSA) is 26.0 Å². The van der Waals surface area contributed by atoms with Crippen LogP contribution in [0, 0.1) is 0 Å². The van der Waals surface area contributed by atoms with E-state index in [1.54, 1.807) is 0 Å². The predicted molar refractivity (Wildman–Crippen MR) is 107 cm³/mol. The van der Waals surface area contributed by atoms with Crippen molar-refractivity contribution in [2.45, 2.75) is 96.8 Å². The molecule has 0 atom stereocenters. The van der Waals surface area contributed by atoms with Gasteiger partial charge in [0.25, 0.3) is 0 Å². The van der Waals surface area contributed by atoms with Gasteiger partial charge in [0.15, 0.2) is 0 Å². The fourth-order valence-corrected chi connectivity index (χ4v) is 2.58. The Morgan fingerprint density at radius 3 is 1.48 bits per heavy atom. The zero-order valence-electron chi connectivity index (χ0n) is 15.6. The largest absolute Gasteiger partial charge is 0.330 e. The number of hydrogen-bond donors (Lipinski definition) is 1. The molecule has 0 unspecified atom stereocenters. The summed E-state index contributed by atoms with van der Waals surface area (Å²) < 4.78 is 0. The third kappa shape index (κ3) is 21.2. The Labute approximate surface area is 146 Å². The average Bonchev–Trinajstić information content (AvgIpc) is 2.57. The van der Waals surface area contributed by atoms with Crippen LogP contribution in [-0.2, 0) is 0 Å². The van der Waals surface area contributed by atoms with E-state index in [9.17, 15) is 0 Å². The monoisotopic (exact) mass is 319 g/mol. The lowest BCUT2D eigenvalue weighted by Crippen LogP contribution is -1.97. The second-order valence-electron chi connectivity index (χ2n) is 6.43. The van der Waals surface area contributed by atoms with Crippen LogP contribution in [0.4, 0.5) is 0 Å². The minimum Gasteiger partial charge on any atom is -0.330 e. The first-order valence-electron chi connectivity index (χ1n) is 10.1. The zero-order valence-corrected chi connectivity index (χ0v) is 15.6. The van der Waals surface area contributed by atoms with Crippen LogP contribution in [0.5, 0.6) is 0 Å². The molecule has 0 saturated heterocycles. The summed E-state index contributed by atoms with van der Waals surface area (Å²) in [6.07, 6.45) is 31.9. The van der Waals surface area contributed by atoms with E-state index < -0.39 is 0 Å². The van der Waals surface area contributed by atoms with Gasteiger partial charge in [0.2, 0.25) is 0 Å². The molecule has 0 saturated carbocycles. The highest BCUT2D eigenvalue weighted by atomic mass is 14.5. The first-order chi connectivity index (χ1) is 11.4. The molecule has 0 radical (unpaired) electrons. The highest BCUT2D eigenvalue weighted by Crippen LogP contribution is 2.07. The number of rotatable bonds is 17. The van der Waals surface area contributed by atoms with Gasteiger partial charge in [-0.3, -0.25) is 0 Å². The van der Waals surface area contributed by atoms with Gasteiger partial charge in [-0.25, -0.2) is 0 Å². The molecule has 0 aromatic heterocycles. The number of hydrogen-bond acceptors (Lipinski definition) is 1. The third-order valence-electron chi connectivity index (χ3n) is 4.09. The van der Waals surface area contributed by atoms with E-state index >= 15 is 0 Å². The lowest BCUT2D eigenvalue weighted by Gasteiger charge is -1.97. The Hall–Kier alpha value is -0.820. The smallest absolute Gasteiger partial charge is 0.00773 e. The molecule has 0 aliphatic carbocycles. The molecule has 0 fully saturated rings. The molecule has 0 rings (SSSR count). The second kappa shape index (κ2) is 21.2. The lowest BCUT2D eigenvalue weighted by molar-refractivity contribution is 0.611. The van der Waals surface area contributed by atoms with Crippen molar-refractivity contribution in [3.05, 3.63) is 36.5 Å². The molecule has 0 heterocycles. The van der Waals surface area contributed by atoms with Crippen LogP contribution in [0.25, 0.3) is 0 Å². The molecule has 1 heteroatoms. The van der Waals surface area contributed by atoms with Crippen molar-refractivity contribution in [1.82, 2.24) is 0 Å². The van der Waals surface area contributed by atoms with Crippen LogP contribution in [0.1, 0.15) is 96.8 Å². The maximum Gasteiger partial charge on any atom is -0.00773 e. The summed E-state index contributed by atoms with van der Waals surface area (Å²) in [4.78, 5) is 0. The molecule has 0 aliphatic heterocycles. The fourth-order valence-electron chi connectivity index (χ4n) is 2.58. The summed E-state index contributed by atoms with van der Waals surface area (Å²) in [5.74, 6) is 0. The Morgan fingerprint density at radius 1 is 0.522 bits per heavy atom. The molecule has 0 aliphatic rings. The summed E-state index contributed by atoms with van der Waals surface area (Å²) in [6.45, 7) is 3.12. The molecular formula is C22H41N. The van der Waals surface area contributed by atoms with E-state index in [0.29, 0.717) is 0 Å². The number of nitrogens with two attached hydrogens (primary N) is 1. The maximum absolute atomic E-state index is 5.48. The van der Waals surface area contributed by atoms with Crippen LogP contribution in [0.15, 0.2) is 36.5 Å². The first-order valence-corrected chi connectivity index (χ1v) is 10.1. The third-order valence-corrected chi connectivity index (χ3v) is 4.09. The van der Waals surface area contributed by atoms with E-state index in [1.807, 2.05) is 0 Å². The molecule has 0 aromatic rings. The zero-order chi connectivity index (χ0) is 16.8. The van der Waals surface area contributed by atoms with Crippen molar-refractivity contribution in [2.75, 3.05) is 6.54 Å². The first kappa shape index (κ1) is 22.2. The Kier molecular flexibility index (Phi) is 20.4. The van der Waals surface area contributed by atoms with Crippen LogP contribution < -0.4 is 5.73 Å². The molecule has 23 heavy (non-hydrogen) atoms. The van der Waals surface area contributed by atoms with Crippen molar-refractivity contribution in [1.29, 1.82) is 0 Å². The normalized spacial score (nSPS) is 12.3. The van der Waals surface area contributed by atoms with Crippen molar-refractivity contribution in [2.24, 2.45) is 5.73 Å². The molecule has 2 N–H and O–H groups in total. The van der Waals surface area contributed by atoms with Crippen molar-refractivity contribution in [3.8, 4) is 0 Å². The van der Waals surface area contributed by atoms with Gasteiger partial charge in [0.1, 0.15) is 0 Å². The van der Waals surface area contributed by atoms with Gasteiger partial charge >= 0.3 is 0 Å². The van der Waals surface area contributed by atoms with E-state index in [-0.39, 0.29) is 0 Å². The summed E-state index contributed by atoms with van der Waals surface area (Å²) in [5.41, 5.74) is 5.48. The SMILES string of the molecule is CCCCCCCCC=CCC=CCC=CCCCCCCN. The molecule has 0 aromatic carbocycles.